The number of amides is 2. The highest BCUT2D eigenvalue weighted by atomic mass is 16.7. The van der Waals surface area contributed by atoms with Crippen molar-refractivity contribution < 1.29 is 14.3 Å². The van der Waals surface area contributed by atoms with Gasteiger partial charge in [0, 0.05) is 38.2 Å². The first-order chi connectivity index (χ1) is 13.7. The topological polar surface area (TPSA) is 81.5 Å². The predicted octanol–water partition coefficient (Wildman–Crippen LogP) is 2.73. The normalized spacial score (nSPS) is 12.0. The molecule has 144 valence electrons. The summed E-state index contributed by atoms with van der Waals surface area (Å²) < 4.78 is 12.6. The van der Waals surface area contributed by atoms with E-state index in [1.807, 2.05) is 48.0 Å². The Labute approximate surface area is 162 Å². The van der Waals surface area contributed by atoms with E-state index in [2.05, 4.69) is 15.3 Å². The van der Waals surface area contributed by atoms with E-state index in [1.54, 1.807) is 23.6 Å². The lowest BCUT2D eigenvalue weighted by molar-refractivity contribution is 0.173. The van der Waals surface area contributed by atoms with Gasteiger partial charge in [-0.25, -0.2) is 14.8 Å². The molecule has 0 fully saturated rings. The highest BCUT2D eigenvalue weighted by Gasteiger charge is 2.16. The SMILES string of the molecule is CCN(Cc1ccc2c(c1)OCO2)C(=O)NCc1ccc(-n2ccnc2)nc1. The Morgan fingerprint density at radius 2 is 2.07 bits per heavy atom. The Kier molecular flexibility index (Phi) is 5.09. The van der Waals surface area contributed by atoms with Crippen molar-refractivity contribution in [2.75, 3.05) is 13.3 Å². The Balaban J connectivity index is 1.34. The molecule has 1 aliphatic rings. The van der Waals surface area contributed by atoms with Crippen LogP contribution in [-0.2, 0) is 13.1 Å². The maximum absolute atomic E-state index is 12.6. The quantitative estimate of drug-likeness (QED) is 0.712. The van der Waals surface area contributed by atoms with E-state index in [1.165, 1.54) is 0 Å². The maximum atomic E-state index is 12.6. The zero-order valence-corrected chi connectivity index (χ0v) is 15.5. The summed E-state index contributed by atoms with van der Waals surface area (Å²) in [7, 11) is 0. The molecule has 0 saturated carbocycles. The van der Waals surface area contributed by atoms with Gasteiger partial charge < -0.3 is 19.7 Å². The van der Waals surface area contributed by atoms with E-state index in [0.717, 1.165) is 28.4 Å². The van der Waals surface area contributed by atoms with Crippen LogP contribution in [0.3, 0.4) is 0 Å². The number of carbonyl (C=O) groups excluding carboxylic acids is 1. The standard InChI is InChI=1S/C20H21N5O3/c1-2-24(12-15-3-5-17-18(9-15)28-14-27-17)20(26)23-11-16-4-6-19(22-10-16)25-8-7-21-13-25/h3-10,13H,2,11-12,14H2,1H3,(H,23,26). The van der Waals surface area contributed by atoms with Crippen LogP contribution in [0.2, 0.25) is 0 Å². The zero-order valence-electron chi connectivity index (χ0n) is 15.5. The van der Waals surface area contributed by atoms with Crippen LogP contribution >= 0.6 is 0 Å². The van der Waals surface area contributed by atoms with Gasteiger partial charge in [-0.05, 0) is 36.2 Å². The Morgan fingerprint density at radius 1 is 1.21 bits per heavy atom. The first kappa shape index (κ1) is 17.8. The fraction of sp³-hybridized carbons (Fsp3) is 0.250. The van der Waals surface area contributed by atoms with Crippen molar-refractivity contribution in [3.8, 4) is 17.3 Å². The maximum Gasteiger partial charge on any atom is 0.317 e. The fourth-order valence-electron chi connectivity index (χ4n) is 2.95. The van der Waals surface area contributed by atoms with E-state index in [0.29, 0.717) is 19.6 Å². The van der Waals surface area contributed by atoms with Gasteiger partial charge in [0.25, 0.3) is 0 Å². The lowest BCUT2D eigenvalue weighted by Gasteiger charge is -2.21. The van der Waals surface area contributed by atoms with Gasteiger partial charge in [-0.2, -0.15) is 0 Å². The van der Waals surface area contributed by atoms with Gasteiger partial charge >= 0.3 is 6.03 Å². The van der Waals surface area contributed by atoms with Crippen molar-refractivity contribution in [2.24, 2.45) is 0 Å². The second-order valence-electron chi connectivity index (χ2n) is 6.36. The van der Waals surface area contributed by atoms with Gasteiger partial charge in [-0.1, -0.05) is 12.1 Å². The molecule has 3 aromatic rings. The average molecular weight is 379 g/mol. The molecule has 0 atom stereocenters. The monoisotopic (exact) mass is 379 g/mol. The number of urea groups is 1. The van der Waals surface area contributed by atoms with Crippen LogP contribution in [0.25, 0.3) is 5.82 Å². The average Bonchev–Trinajstić information content (AvgIpc) is 3.42. The van der Waals surface area contributed by atoms with E-state index < -0.39 is 0 Å². The number of hydrogen-bond donors (Lipinski definition) is 1. The van der Waals surface area contributed by atoms with Gasteiger partial charge in [0.15, 0.2) is 11.5 Å². The van der Waals surface area contributed by atoms with Gasteiger partial charge in [0.05, 0.1) is 0 Å². The molecule has 2 amide bonds. The van der Waals surface area contributed by atoms with Crippen LogP contribution in [0.1, 0.15) is 18.1 Å². The molecule has 2 aromatic heterocycles. The number of benzene rings is 1. The molecule has 1 aliphatic heterocycles. The van der Waals surface area contributed by atoms with Crippen molar-refractivity contribution in [1.82, 2.24) is 24.8 Å². The van der Waals surface area contributed by atoms with Gasteiger partial charge in [-0.15, -0.1) is 0 Å². The lowest BCUT2D eigenvalue weighted by Crippen LogP contribution is -2.39. The summed E-state index contributed by atoms with van der Waals surface area (Å²) in [5, 5.41) is 2.95. The number of hydrogen-bond acceptors (Lipinski definition) is 5. The van der Waals surface area contributed by atoms with Gasteiger partial charge in [0.1, 0.15) is 12.1 Å². The van der Waals surface area contributed by atoms with E-state index in [9.17, 15) is 4.79 Å². The second-order valence-corrected chi connectivity index (χ2v) is 6.36. The summed E-state index contributed by atoms with van der Waals surface area (Å²) in [5.74, 6) is 2.24. The third kappa shape index (κ3) is 3.90. The number of imidazole rings is 1. The Bertz CT molecular complexity index is 941. The Morgan fingerprint density at radius 3 is 2.82 bits per heavy atom. The largest absolute Gasteiger partial charge is 0.454 e. The van der Waals surface area contributed by atoms with Crippen molar-refractivity contribution in [3.05, 3.63) is 66.4 Å². The van der Waals surface area contributed by atoms with Crippen molar-refractivity contribution >= 4 is 6.03 Å². The van der Waals surface area contributed by atoms with Crippen LogP contribution < -0.4 is 14.8 Å². The van der Waals surface area contributed by atoms with E-state index >= 15 is 0 Å². The molecule has 3 heterocycles. The van der Waals surface area contributed by atoms with Gasteiger partial charge in [0.2, 0.25) is 6.79 Å². The summed E-state index contributed by atoms with van der Waals surface area (Å²) in [4.78, 5) is 22.7. The zero-order chi connectivity index (χ0) is 19.3. The Hall–Kier alpha value is -3.55. The molecule has 0 spiro atoms. The first-order valence-electron chi connectivity index (χ1n) is 9.07. The molecule has 0 radical (unpaired) electrons. The van der Waals surface area contributed by atoms with Crippen LogP contribution in [0.5, 0.6) is 11.5 Å². The molecule has 8 nitrogen and oxygen atoms in total. The predicted molar refractivity (Wildman–Crippen MR) is 102 cm³/mol. The number of nitrogens with one attached hydrogen (secondary N) is 1. The molecule has 0 aliphatic carbocycles. The number of nitrogens with zero attached hydrogens (tertiary/aromatic N) is 4. The number of carbonyl (C=O) groups is 1. The number of ether oxygens (including phenoxy) is 2. The molecule has 8 heteroatoms. The van der Waals surface area contributed by atoms with Crippen molar-refractivity contribution in [3.63, 3.8) is 0 Å². The summed E-state index contributed by atoms with van der Waals surface area (Å²) >= 11 is 0. The molecular weight excluding hydrogens is 358 g/mol. The highest BCUT2D eigenvalue weighted by molar-refractivity contribution is 5.74. The molecule has 0 unspecified atom stereocenters. The first-order valence-corrected chi connectivity index (χ1v) is 9.07. The summed E-state index contributed by atoms with van der Waals surface area (Å²) in [6.45, 7) is 3.70. The minimum Gasteiger partial charge on any atom is -0.454 e. The van der Waals surface area contributed by atoms with E-state index in [-0.39, 0.29) is 12.8 Å². The summed E-state index contributed by atoms with van der Waals surface area (Å²) in [6, 6.07) is 9.44. The third-order valence-electron chi connectivity index (χ3n) is 4.50. The summed E-state index contributed by atoms with van der Waals surface area (Å²) in [6.07, 6.45) is 6.98. The van der Waals surface area contributed by atoms with Crippen LogP contribution in [0, 0.1) is 0 Å². The van der Waals surface area contributed by atoms with E-state index in [4.69, 9.17) is 9.47 Å². The summed E-state index contributed by atoms with van der Waals surface area (Å²) in [5.41, 5.74) is 1.92. The van der Waals surface area contributed by atoms with Crippen LogP contribution in [0.4, 0.5) is 4.79 Å². The second kappa shape index (κ2) is 7.99. The van der Waals surface area contributed by atoms with Crippen molar-refractivity contribution in [2.45, 2.75) is 20.0 Å². The fourth-order valence-corrected chi connectivity index (χ4v) is 2.95. The molecule has 0 bridgehead atoms. The smallest absolute Gasteiger partial charge is 0.317 e. The lowest BCUT2D eigenvalue weighted by atomic mass is 10.2. The van der Waals surface area contributed by atoms with Crippen molar-refractivity contribution in [1.29, 1.82) is 0 Å². The molecular formula is C20H21N5O3. The third-order valence-corrected chi connectivity index (χ3v) is 4.50. The number of aromatic nitrogens is 3. The molecule has 1 N–H and O–H groups in total. The minimum absolute atomic E-state index is 0.126. The molecule has 0 saturated heterocycles. The number of pyridine rings is 1. The van der Waals surface area contributed by atoms with Crippen LogP contribution in [-0.4, -0.2) is 38.8 Å². The molecule has 1 aromatic carbocycles. The number of rotatable bonds is 6. The minimum atomic E-state index is -0.126. The molecule has 4 rings (SSSR count). The van der Waals surface area contributed by atoms with Gasteiger partial charge in [-0.3, -0.25) is 4.57 Å². The number of fused-ring (bicyclic) bond motifs is 1. The molecule has 28 heavy (non-hydrogen) atoms. The van der Waals surface area contributed by atoms with Crippen LogP contribution in [0.15, 0.2) is 55.2 Å². The highest BCUT2D eigenvalue weighted by Crippen LogP contribution is 2.32.